The Hall–Kier alpha value is -0.660. The first-order valence-corrected chi connectivity index (χ1v) is 8.76. The first-order valence-electron chi connectivity index (χ1n) is 7.32. The van der Waals surface area contributed by atoms with Crippen LogP contribution >= 0.6 is 0 Å². The van der Waals surface area contributed by atoms with Crippen molar-refractivity contribution in [2.75, 3.05) is 20.2 Å². The summed E-state index contributed by atoms with van der Waals surface area (Å²) in [6.07, 6.45) is 1.02. The van der Waals surface area contributed by atoms with Gasteiger partial charge in [0.05, 0.1) is 7.11 Å². The SMILES string of the molecule is COC(=O)C(NS(=O)(=O)N1CC(C)CC(C)C1)C(C)(C)C. The summed E-state index contributed by atoms with van der Waals surface area (Å²) in [5.41, 5.74) is -0.562. The van der Waals surface area contributed by atoms with E-state index in [1.54, 1.807) is 20.8 Å². The lowest BCUT2D eigenvalue weighted by atomic mass is 9.87. The fraction of sp³-hybridized carbons (Fsp3) is 0.929. The van der Waals surface area contributed by atoms with Crippen LogP contribution in [-0.4, -0.2) is 44.9 Å². The fourth-order valence-electron chi connectivity index (χ4n) is 2.72. The summed E-state index contributed by atoms with van der Waals surface area (Å²) in [7, 11) is -2.44. The number of ether oxygens (including phenoxy) is 1. The maximum absolute atomic E-state index is 12.6. The van der Waals surface area contributed by atoms with Crippen molar-refractivity contribution in [3.63, 3.8) is 0 Å². The second-order valence-corrected chi connectivity index (χ2v) is 8.91. The minimum Gasteiger partial charge on any atom is -0.468 e. The number of hydrogen-bond acceptors (Lipinski definition) is 4. The summed E-state index contributed by atoms with van der Waals surface area (Å²) >= 11 is 0. The Morgan fingerprint density at radius 1 is 1.24 bits per heavy atom. The molecule has 0 aromatic carbocycles. The lowest BCUT2D eigenvalue weighted by Gasteiger charge is -2.36. The van der Waals surface area contributed by atoms with Gasteiger partial charge in [0, 0.05) is 13.1 Å². The number of carbonyl (C=O) groups excluding carboxylic acids is 1. The molecule has 0 amide bonds. The van der Waals surface area contributed by atoms with Crippen LogP contribution in [0.5, 0.6) is 0 Å². The standard InChI is InChI=1S/C14H28N2O4S/c1-10-7-11(2)9-16(8-10)21(18,19)15-12(13(17)20-6)14(3,4)5/h10-12,15H,7-9H2,1-6H3. The molecule has 0 radical (unpaired) electrons. The largest absolute Gasteiger partial charge is 0.468 e. The van der Waals surface area contributed by atoms with Crippen molar-refractivity contribution in [1.29, 1.82) is 0 Å². The van der Waals surface area contributed by atoms with Crippen LogP contribution in [0.25, 0.3) is 0 Å². The molecule has 1 N–H and O–H groups in total. The first kappa shape index (κ1) is 18.4. The number of piperidine rings is 1. The number of hydrogen-bond donors (Lipinski definition) is 1. The van der Waals surface area contributed by atoms with E-state index in [9.17, 15) is 13.2 Å². The van der Waals surface area contributed by atoms with Crippen LogP contribution in [0.2, 0.25) is 0 Å². The number of esters is 1. The second-order valence-electron chi connectivity index (χ2n) is 7.21. The van der Waals surface area contributed by atoms with Crippen LogP contribution in [0.3, 0.4) is 0 Å². The number of nitrogens with zero attached hydrogens (tertiary/aromatic N) is 1. The molecule has 1 saturated heterocycles. The van der Waals surface area contributed by atoms with E-state index in [-0.39, 0.29) is 0 Å². The van der Waals surface area contributed by atoms with Crippen LogP contribution in [0, 0.1) is 17.3 Å². The van der Waals surface area contributed by atoms with Crippen molar-refractivity contribution < 1.29 is 17.9 Å². The van der Waals surface area contributed by atoms with E-state index in [1.807, 2.05) is 13.8 Å². The zero-order valence-corrected chi connectivity index (χ0v) is 14.7. The fourth-order valence-corrected chi connectivity index (χ4v) is 4.52. The van der Waals surface area contributed by atoms with Crippen molar-refractivity contribution >= 4 is 16.2 Å². The van der Waals surface area contributed by atoms with Gasteiger partial charge in [0.1, 0.15) is 6.04 Å². The molecule has 0 aromatic rings. The van der Waals surface area contributed by atoms with Crippen molar-refractivity contribution in [2.45, 2.75) is 47.1 Å². The molecule has 3 atom stereocenters. The van der Waals surface area contributed by atoms with Crippen molar-refractivity contribution in [3.05, 3.63) is 0 Å². The summed E-state index contributed by atoms with van der Waals surface area (Å²) in [4.78, 5) is 11.9. The molecule has 0 aliphatic carbocycles. The molecule has 21 heavy (non-hydrogen) atoms. The Labute approximate surface area is 128 Å². The zero-order valence-electron chi connectivity index (χ0n) is 13.8. The van der Waals surface area contributed by atoms with Gasteiger partial charge in [-0.05, 0) is 23.7 Å². The van der Waals surface area contributed by atoms with Gasteiger partial charge in [0.25, 0.3) is 10.2 Å². The van der Waals surface area contributed by atoms with Crippen LogP contribution < -0.4 is 4.72 Å². The smallest absolute Gasteiger partial charge is 0.324 e. The molecular formula is C14H28N2O4S. The normalized spacial score (nSPS) is 26.4. The highest BCUT2D eigenvalue weighted by Gasteiger charge is 2.39. The molecule has 3 unspecified atom stereocenters. The van der Waals surface area contributed by atoms with E-state index >= 15 is 0 Å². The molecule has 1 fully saturated rings. The van der Waals surface area contributed by atoms with Crippen molar-refractivity contribution in [2.24, 2.45) is 17.3 Å². The molecule has 1 rings (SSSR count). The molecule has 1 aliphatic rings. The van der Waals surface area contributed by atoms with Gasteiger partial charge >= 0.3 is 5.97 Å². The summed E-state index contributed by atoms with van der Waals surface area (Å²) in [5.74, 6) is 0.0669. The van der Waals surface area contributed by atoms with Crippen molar-refractivity contribution in [3.8, 4) is 0 Å². The summed E-state index contributed by atoms with van der Waals surface area (Å²) < 4.78 is 33.8. The summed E-state index contributed by atoms with van der Waals surface area (Å²) in [6.45, 7) is 10.5. The highest BCUT2D eigenvalue weighted by atomic mass is 32.2. The third kappa shape index (κ3) is 4.93. The third-order valence-corrected chi connectivity index (χ3v) is 5.26. The van der Waals surface area contributed by atoms with E-state index < -0.39 is 27.6 Å². The van der Waals surface area contributed by atoms with Gasteiger partial charge in [-0.1, -0.05) is 34.6 Å². The van der Waals surface area contributed by atoms with Gasteiger partial charge in [-0.25, -0.2) is 0 Å². The average molecular weight is 320 g/mol. The molecule has 1 aliphatic heterocycles. The van der Waals surface area contributed by atoms with Gasteiger partial charge in [-0.2, -0.15) is 17.4 Å². The average Bonchev–Trinajstić information content (AvgIpc) is 2.32. The second kappa shape index (κ2) is 6.62. The van der Waals surface area contributed by atoms with Crippen LogP contribution in [-0.2, 0) is 19.7 Å². The Morgan fingerprint density at radius 3 is 2.10 bits per heavy atom. The number of carbonyl (C=O) groups is 1. The summed E-state index contributed by atoms with van der Waals surface area (Å²) in [5, 5.41) is 0. The van der Waals surface area contributed by atoms with Crippen molar-refractivity contribution in [1.82, 2.24) is 9.03 Å². The Morgan fingerprint density at radius 2 is 1.71 bits per heavy atom. The van der Waals surface area contributed by atoms with Crippen LogP contribution in [0.15, 0.2) is 0 Å². The topological polar surface area (TPSA) is 75.7 Å². The van der Waals surface area contributed by atoms with E-state index in [1.165, 1.54) is 11.4 Å². The molecular weight excluding hydrogens is 292 g/mol. The molecule has 7 heteroatoms. The van der Waals surface area contributed by atoms with E-state index in [0.717, 1.165) is 6.42 Å². The van der Waals surface area contributed by atoms with Gasteiger partial charge in [0.2, 0.25) is 0 Å². The molecule has 0 saturated carbocycles. The van der Waals surface area contributed by atoms with E-state index in [2.05, 4.69) is 4.72 Å². The van der Waals surface area contributed by atoms with E-state index in [4.69, 9.17) is 4.74 Å². The highest BCUT2D eigenvalue weighted by molar-refractivity contribution is 7.87. The lowest BCUT2D eigenvalue weighted by molar-refractivity contribution is -0.145. The zero-order chi connectivity index (χ0) is 16.4. The number of methoxy groups -OCH3 is 1. The molecule has 0 bridgehead atoms. The maximum Gasteiger partial charge on any atom is 0.324 e. The highest BCUT2D eigenvalue weighted by Crippen LogP contribution is 2.25. The Kier molecular flexibility index (Phi) is 5.80. The minimum atomic E-state index is -3.70. The molecule has 6 nitrogen and oxygen atoms in total. The van der Waals surface area contributed by atoms with Gasteiger partial charge in [-0.3, -0.25) is 4.79 Å². The predicted molar refractivity (Wildman–Crippen MR) is 81.8 cm³/mol. The quantitative estimate of drug-likeness (QED) is 0.794. The molecule has 1 heterocycles. The predicted octanol–water partition coefficient (Wildman–Crippen LogP) is 1.39. The minimum absolute atomic E-state index is 0.316. The molecule has 0 spiro atoms. The summed E-state index contributed by atoms with van der Waals surface area (Å²) in [6, 6.07) is -0.903. The van der Waals surface area contributed by atoms with Gasteiger partial charge in [0.15, 0.2) is 0 Å². The number of nitrogens with one attached hydrogen (secondary N) is 1. The molecule has 0 aromatic heterocycles. The van der Waals surface area contributed by atoms with Gasteiger partial charge in [-0.15, -0.1) is 0 Å². The lowest BCUT2D eigenvalue weighted by Crippen LogP contribution is -2.56. The van der Waals surface area contributed by atoms with E-state index in [0.29, 0.717) is 24.9 Å². The van der Waals surface area contributed by atoms with Gasteiger partial charge < -0.3 is 4.74 Å². The molecule has 124 valence electrons. The van der Waals surface area contributed by atoms with Crippen LogP contribution in [0.1, 0.15) is 41.0 Å². The first-order chi connectivity index (χ1) is 9.47. The Bertz CT molecular complexity index is 460. The maximum atomic E-state index is 12.6. The Balaban J connectivity index is 2.93. The third-order valence-electron chi connectivity index (χ3n) is 3.74. The van der Waals surface area contributed by atoms with Crippen LogP contribution in [0.4, 0.5) is 0 Å². The number of rotatable bonds is 4. The monoisotopic (exact) mass is 320 g/mol.